The second-order valence-electron chi connectivity index (χ2n) is 3.34. The van der Waals surface area contributed by atoms with Crippen molar-refractivity contribution in [3.05, 3.63) is 0 Å². The van der Waals surface area contributed by atoms with Crippen LogP contribution in [-0.4, -0.2) is 45.6 Å². The number of rotatable bonds is 4. The minimum atomic E-state index is -3.24. The molecule has 1 aliphatic rings. The van der Waals surface area contributed by atoms with Crippen LogP contribution < -0.4 is 4.72 Å². The lowest BCUT2D eigenvalue weighted by atomic mass is 10.1. The Balaban J connectivity index is 2.49. The van der Waals surface area contributed by atoms with Gasteiger partial charge >= 0.3 is 0 Å². The van der Waals surface area contributed by atoms with Gasteiger partial charge < -0.3 is 4.74 Å². The lowest BCUT2D eigenvalue weighted by Crippen LogP contribution is -2.46. The van der Waals surface area contributed by atoms with E-state index in [0.717, 1.165) is 12.8 Å². The van der Waals surface area contributed by atoms with Crippen molar-refractivity contribution < 1.29 is 13.2 Å². The molecule has 1 aliphatic heterocycles. The number of methoxy groups -OCH3 is 1. The molecular weight excluding hydrogens is 204 g/mol. The van der Waals surface area contributed by atoms with Crippen LogP contribution in [0.4, 0.5) is 0 Å². The van der Waals surface area contributed by atoms with Crippen LogP contribution in [0.1, 0.15) is 19.8 Å². The van der Waals surface area contributed by atoms with Crippen LogP contribution in [-0.2, 0) is 14.9 Å². The zero-order chi connectivity index (χ0) is 10.6. The summed E-state index contributed by atoms with van der Waals surface area (Å²) in [5.41, 5.74) is 0. The van der Waals surface area contributed by atoms with Crippen molar-refractivity contribution in [1.29, 1.82) is 0 Å². The maximum absolute atomic E-state index is 11.6. The number of ether oxygens (including phenoxy) is 1. The highest BCUT2D eigenvalue weighted by Crippen LogP contribution is 2.14. The Morgan fingerprint density at radius 2 is 2.00 bits per heavy atom. The van der Waals surface area contributed by atoms with E-state index in [4.69, 9.17) is 4.74 Å². The topological polar surface area (TPSA) is 58.6 Å². The van der Waals surface area contributed by atoms with E-state index < -0.39 is 10.2 Å². The first-order valence-electron chi connectivity index (χ1n) is 4.87. The number of piperidine rings is 1. The van der Waals surface area contributed by atoms with Gasteiger partial charge in [0.25, 0.3) is 10.2 Å². The summed E-state index contributed by atoms with van der Waals surface area (Å²) in [5, 5.41) is 0. The average molecular weight is 222 g/mol. The predicted molar refractivity (Wildman–Crippen MR) is 54.2 cm³/mol. The minimum absolute atomic E-state index is 0.211. The van der Waals surface area contributed by atoms with E-state index in [2.05, 4.69) is 4.72 Å². The Hall–Kier alpha value is -0.170. The number of nitrogens with one attached hydrogen (secondary N) is 1. The van der Waals surface area contributed by atoms with Gasteiger partial charge in [0.2, 0.25) is 0 Å². The maximum atomic E-state index is 11.6. The molecule has 6 heteroatoms. The first-order chi connectivity index (χ1) is 6.60. The summed E-state index contributed by atoms with van der Waals surface area (Å²) in [5.74, 6) is 0. The maximum Gasteiger partial charge on any atom is 0.279 e. The van der Waals surface area contributed by atoms with Crippen molar-refractivity contribution in [2.75, 3.05) is 26.7 Å². The van der Waals surface area contributed by atoms with Gasteiger partial charge in [0, 0.05) is 26.7 Å². The number of nitrogens with zero attached hydrogens (tertiary/aromatic N) is 1. The van der Waals surface area contributed by atoms with E-state index in [1.165, 1.54) is 4.31 Å². The zero-order valence-electron chi connectivity index (χ0n) is 8.69. The second-order valence-corrected chi connectivity index (χ2v) is 5.09. The van der Waals surface area contributed by atoms with Crippen LogP contribution in [0.15, 0.2) is 0 Å². The van der Waals surface area contributed by atoms with Crippen molar-refractivity contribution >= 4 is 10.2 Å². The highest BCUT2D eigenvalue weighted by atomic mass is 32.2. The molecule has 0 atom stereocenters. The van der Waals surface area contributed by atoms with Gasteiger partial charge in [-0.25, -0.2) is 4.72 Å². The van der Waals surface area contributed by atoms with Crippen molar-refractivity contribution in [3.8, 4) is 0 Å². The molecule has 0 amide bonds. The fourth-order valence-electron chi connectivity index (χ4n) is 1.58. The van der Waals surface area contributed by atoms with Gasteiger partial charge in [0.05, 0.1) is 6.10 Å². The number of hydrogen-bond donors (Lipinski definition) is 1. The molecule has 0 radical (unpaired) electrons. The fraction of sp³-hybridized carbons (Fsp3) is 1.00. The van der Waals surface area contributed by atoms with Crippen molar-refractivity contribution in [1.82, 2.24) is 9.03 Å². The van der Waals surface area contributed by atoms with E-state index in [-0.39, 0.29) is 6.10 Å². The van der Waals surface area contributed by atoms with Gasteiger partial charge in [-0.3, -0.25) is 0 Å². The Morgan fingerprint density at radius 1 is 1.43 bits per heavy atom. The molecule has 0 aromatic rings. The first kappa shape index (κ1) is 11.9. The third-order valence-corrected chi connectivity index (χ3v) is 4.10. The summed E-state index contributed by atoms with van der Waals surface area (Å²) in [7, 11) is -1.57. The van der Waals surface area contributed by atoms with E-state index in [1.54, 1.807) is 14.0 Å². The predicted octanol–water partition coefficient (Wildman–Crippen LogP) is -0.0485. The van der Waals surface area contributed by atoms with Crippen molar-refractivity contribution in [2.24, 2.45) is 0 Å². The van der Waals surface area contributed by atoms with Gasteiger partial charge in [-0.05, 0) is 12.8 Å². The molecule has 1 N–H and O–H groups in total. The first-order valence-corrected chi connectivity index (χ1v) is 6.31. The summed E-state index contributed by atoms with van der Waals surface area (Å²) in [6, 6.07) is 0. The highest BCUT2D eigenvalue weighted by Gasteiger charge is 2.26. The molecule has 0 saturated carbocycles. The molecule has 1 rings (SSSR count). The lowest BCUT2D eigenvalue weighted by Gasteiger charge is -2.30. The van der Waals surface area contributed by atoms with Crippen molar-refractivity contribution in [2.45, 2.75) is 25.9 Å². The van der Waals surface area contributed by atoms with Crippen molar-refractivity contribution in [3.63, 3.8) is 0 Å². The molecule has 1 saturated heterocycles. The average Bonchev–Trinajstić information content (AvgIpc) is 2.18. The quantitative estimate of drug-likeness (QED) is 0.725. The van der Waals surface area contributed by atoms with Crippen LogP contribution in [0.3, 0.4) is 0 Å². The summed E-state index contributed by atoms with van der Waals surface area (Å²) >= 11 is 0. The standard InChI is InChI=1S/C8H18N2O3S/c1-3-9-14(11,12)10-6-4-8(13-2)5-7-10/h8-9H,3-7H2,1-2H3. The summed E-state index contributed by atoms with van der Waals surface area (Å²) in [6.07, 6.45) is 1.77. The molecule has 0 aromatic heterocycles. The highest BCUT2D eigenvalue weighted by molar-refractivity contribution is 7.87. The molecule has 0 unspecified atom stereocenters. The van der Waals surface area contributed by atoms with Crippen LogP contribution in [0, 0.1) is 0 Å². The smallest absolute Gasteiger partial charge is 0.279 e. The molecule has 1 fully saturated rings. The molecule has 14 heavy (non-hydrogen) atoms. The van der Waals surface area contributed by atoms with Gasteiger partial charge in [0.15, 0.2) is 0 Å². The normalized spacial score (nSPS) is 21.3. The van der Waals surface area contributed by atoms with Gasteiger partial charge in [-0.1, -0.05) is 6.92 Å². The van der Waals surface area contributed by atoms with E-state index in [0.29, 0.717) is 19.6 Å². The number of hydrogen-bond acceptors (Lipinski definition) is 3. The van der Waals surface area contributed by atoms with E-state index in [1.807, 2.05) is 0 Å². The molecule has 0 bridgehead atoms. The molecule has 84 valence electrons. The van der Waals surface area contributed by atoms with Gasteiger partial charge in [0.1, 0.15) is 0 Å². The zero-order valence-corrected chi connectivity index (χ0v) is 9.51. The van der Waals surface area contributed by atoms with Crippen LogP contribution in [0.5, 0.6) is 0 Å². The third-order valence-electron chi connectivity index (χ3n) is 2.40. The molecule has 5 nitrogen and oxygen atoms in total. The largest absolute Gasteiger partial charge is 0.381 e. The van der Waals surface area contributed by atoms with E-state index >= 15 is 0 Å². The Kier molecular flexibility index (Phi) is 4.31. The minimum Gasteiger partial charge on any atom is -0.381 e. The monoisotopic (exact) mass is 222 g/mol. The molecular formula is C8H18N2O3S. The second kappa shape index (κ2) is 5.06. The summed E-state index contributed by atoms with van der Waals surface area (Å²) < 4.78 is 32.2. The van der Waals surface area contributed by atoms with Gasteiger partial charge in [-0.2, -0.15) is 12.7 Å². The van der Waals surface area contributed by atoms with Gasteiger partial charge in [-0.15, -0.1) is 0 Å². The van der Waals surface area contributed by atoms with Crippen LogP contribution in [0.25, 0.3) is 0 Å². The SMILES string of the molecule is CCNS(=O)(=O)N1CCC(OC)CC1. The Labute approximate surface area is 85.6 Å². The van der Waals surface area contributed by atoms with Crippen LogP contribution >= 0.6 is 0 Å². The molecule has 0 aliphatic carbocycles. The van der Waals surface area contributed by atoms with E-state index in [9.17, 15) is 8.42 Å². The summed E-state index contributed by atoms with van der Waals surface area (Å²) in [4.78, 5) is 0. The molecule has 1 heterocycles. The third kappa shape index (κ3) is 2.91. The Bertz CT molecular complexity index is 258. The molecule has 0 aromatic carbocycles. The summed E-state index contributed by atoms with van der Waals surface area (Å²) in [6.45, 7) is 3.31. The Morgan fingerprint density at radius 3 is 2.43 bits per heavy atom. The fourth-order valence-corrected chi connectivity index (χ4v) is 2.82. The lowest BCUT2D eigenvalue weighted by molar-refractivity contribution is 0.0602. The molecule has 0 spiro atoms. The van der Waals surface area contributed by atoms with Crippen LogP contribution in [0.2, 0.25) is 0 Å².